The maximum absolute atomic E-state index is 14.6. The summed E-state index contributed by atoms with van der Waals surface area (Å²) in [7, 11) is 0. The van der Waals surface area contributed by atoms with E-state index in [0.29, 0.717) is 49.8 Å². The molecule has 186 valence electrons. The summed E-state index contributed by atoms with van der Waals surface area (Å²) < 4.78 is 19.8. The van der Waals surface area contributed by atoms with Gasteiger partial charge in [-0.15, -0.1) is 0 Å². The van der Waals surface area contributed by atoms with Gasteiger partial charge in [0.2, 0.25) is 5.91 Å². The Bertz CT molecular complexity index is 1060. The number of hydrazine groups is 1. The molecule has 1 atom stereocenters. The highest BCUT2D eigenvalue weighted by atomic mass is 35.5. The lowest BCUT2D eigenvalue weighted by atomic mass is 10.0. The molecule has 0 aliphatic carbocycles. The van der Waals surface area contributed by atoms with Crippen LogP contribution in [0.15, 0.2) is 48.5 Å². The molecule has 0 aromatic heterocycles. The maximum Gasteiger partial charge on any atom is 0.320 e. The molecule has 11 heteroatoms. The fourth-order valence-corrected chi connectivity index (χ4v) is 4.38. The van der Waals surface area contributed by atoms with E-state index < -0.39 is 23.8 Å². The van der Waals surface area contributed by atoms with Crippen LogP contribution >= 0.6 is 11.6 Å². The minimum absolute atomic E-state index is 0.0192. The molecule has 1 unspecified atom stereocenters. The van der Waals surface area contributed by atoms with Crippen molar-refractivity contribution in [3.05, 3.63) is 64.9 Å². The minimum atomic E-state index is -1.26. The summed E-state index contributed by atoms with van der Waals surface area (Å²) in [5.41, 5.74) is 3.31. The number of nitrogens with one attached hydrogen (secondary N) is 3. The molecule has 0 saturated carbocycles. The second-order valence-electron chi connectivity index (χ2n) is 8.39. The zero-order chi connectivity index (χ0) is 24.8. The highest BCUT2D eigenvalue weighted by Crippen LogP contribution is 2.21. The van der Waals surface area contributed by atoms with E-state index in [1.165, 1.54) is 18.2 Å². The van der Waals surface area contributed by atoms with Crippen molar-refractivity contribution in [3.8, 4) is 0 Å². The van der Waals surface area contributed by atoms with Gasteiger partial charge in [-0.1, -0.05) is 29.8 Å². The average Bonchev–Trinajstić information content (AvgIpc) is 2.85. The number of benzene rings is 2. The Morgan fingerprint density at radius 1 is 1.06 bits per heavy atom. The van der Waals surface area contributed by atoms with Gasteiger partial charge in [0.05, 0.1) is 6.61 Å². The number of nitrogens with zero attached hydrogens (tertiary/aromatic N) is 2. The van der Waals surface area contributed by atoms with Crippen LogP contribution in [0.25, 0.3) is 0 Å². The highest BCUT2D eigenvalue weighted by molar-refractivity contribution is 6.30. The minimum Gasteiger partial charge on any atom is -0.370 e. The quantitative estimate of drug-likeness (QED) is 0.562. The molecule has 2 aliphatic heterocycles. The third-order valence-corrected chi connectivity index (χ3v) is 6.30. The molecule has 2 aliphatic rings. The Kier molecular flexibility index (Phi) is 8.17. The van der Waals surface area contributed by atoms with Crippen molar-refractivity contribution in [2.75, 3.05) is 38.2 Å². The van der Waals surface area contributed by atoms with E-state index in [2.05, 4.69) is 16.1 Å². The number of morpholine rings is 1. The van der Waals surface area contributed by atoms with Crippen LogP contribution in [0.1, 0.15) is 24.4 Å². The summed E-state index contributed by atoms with van der Waals surface area (Å²) in [6, 6.07) is 10.4. The predicted molar refractivity (Wildman–Crippen MR) is 128 cm³/mol. The Morgan fingerprint density at radius 2 is 1.77 bits per heavy atom. The van der Waals surface area contributed by atoms with E-state index in [1.54, 1.807) is 35.3 Å². The topological polar surface area (TPSA) is 103 Å². The van der Waals surface area contributed by atoms with E-state index in [-0.39, 0.29) is 24.1 Å². The number of anilines is 1. The molecule has 35 heavy (non-hydrogen) atoms. The Balaban J connectivity index is 1.39. The van der Waals surface area contributed by atoms with Crippen LogP contribution in [0.3, 0.4) is 0 Å². The van der Waals surface area contributed by atoms with Crippen LogP contribution in [-0.2, 0) is 14.3 Å². The van der Waals surface area contributed by atoms with Crippen molar-refractivity contribution in [2.45, 2.75) is 24.9 Å². The molecule has 2 saturated heterocycles. The Hall–Kier alpha value is -3.21. The average molecular weight is 504 g/mol. The van der Waals surface area contributed by atoms with E-state index in [0.717, 1.165) is 0 Å². The van der Waals surface area contributed by atoms with Crippen LogP contribution in [0.4, 0.5) is 14.9 Å². The summed E-state index contributed by atoms with van der Waals surface area (Å²) in [6.45, 7) is 2.23. The lowest BCUT2D eigenvalue weighted by Gasteiger charge is -2.40. The van der Waals surface area contributed by atoms with Gasteiger partial charge in [-0.05, 0) is 43.2 Å². The summed E-state index contributed by atoms with van der Waals surface area (Å²) in [4.78, 5) is 39.7. The van der Waals surface area contributed by atoms with E-state index in [9.17, 15) is 18.8 Å². The van der Waals surface area contributed by atoms with Crippen molar-refractivity contribution in [3.63, 3.8) is 0 Å². The number of amides is 4. The SMILES string of the molecule is O=C(Nc1ccc(Cl)cc1)NC(C(=O)NN1CCC(N2CCOCC2=O)CC1)c1ccccc1F. The maximum atomic E-state index is 14.6. The molecule has 4 amide bonds. The molecule has 2 fully saturated rings. The Morgan fingerprint density at radius 3 is 2.46 bits per heavy atom. The second kappa shape index (κ2) is 11.5. The summed E-state index contributed by atoms with van der Waals surface area (Å²) >= 11 is 5.87. The smallest absolute Gasteiger partial charge is 0.320 e. The first-order valence-electron chi connectivity index (χ1n) is 11.4. The Labute approximate surface area is 207 Å². The molecule has 9 nitrogen and oxygen atoms in total. The van der Waals surface area contributed by atoms with Crippen molar-refractivity contribution in [1.29, 1.82) is 0 Å². The highest BCUT2D eigenvalue weighted by Gasteiger charge is 2.32. The second-order valence-corrected chi connectivity index (χ2v) is 8.83. The third kappa shape index (κ3) is 6.47. The zero-order valence-corrected chi connectivity index (χ0v) is 19.8. The van der Waals surface area contributed by atoms with Gasteiger partial charge in [0.1, 0.15) is 18.5 Å². The van der Waals surface area contributed by atoms with E-state index >= 15 is 0 Å². The van der Waals surface area contributed by atoms with Gasteiger partial charge in [0, 0.05) is 41.9 Å². The first-order valence-corrected chi connectivity index (χ1v) is 11.8. The molecule has 0 radical (unpaired) electrons. The molecule has 0 bridgehead atoms. The third-order valence-electron chi connectivity index (χ3n) is 6.05. The zero-order valence-electron chi connectivity index (χ0n) is 19.0. The van der Waals surface area contributed by atoms with Gasteiger partial charge in [0.15, 0.2) is 0 Å². The molecule has 2 aromatic rings. The molecule has 3 N–H and O–H groups in total. The number of urea groups is 1. The largest absolute Gasteiger partial charge is 0.370 e. The molecular weight excluding hydrogens is 477 g/mol. The lowest BCUT2D eigenvalue weighted by molar-refractivity contribution is -0.147. The summed E-state index contributed by atoms with van der Waals surface area (Å²) in [6.07, 6.45) is 1.36. The fraction of sp³-hybridized carbons (Fsp3) is 0.375. The van der Waals surface area contributed by atoms with Crippen LogP contribution in [0.5, 0.6) is 0 Å². The van der Waals surface area contributed by atoms with E-state index in [4.69, 9.17) is 16.3 Å². The van der Waals surface area contributed by atoms with Gasteiger partial charge in [0.25, 0.3) is 5.91 Å². The lowest BCUT2D eigenvalue weighted by Crippen LogP contribution is -2.56. The van der Waals surface area contributed by atoms with Gasteiger partial charge >= 0.3 is 6.03 Å². The van der Waals surface area contributed by atoms with Crippen LogP contribution in [-0.4, -0.2) is 66.6 Å². The molecular formula is C24H27ClFN5O4. The number of ether oxygens (including phenoxy) is 1. The van der Waals surface area contributed by atoms with Crippen molar-refractivity contribution < 1.29 is 23.5 Å². The first kappa shape index (κ1) is 24.9. The number of carbonyl (C=O) groups excluding carboxylic acids is 3. The molecule has 0 spiro atoms. The number of rotatable bonds is 6. The normalized spacial score (nSPS) is 18.1. The fourth-order valence-electron chi connectivity index (χ4n) is 4.25. The van der Waals surface area contributed by atoms with Crippen LogP contribution in [0.2, 0.25) is 5.02 Å². The number of carbonyl (C=O) groups is 3. The molecule has 2 aromatic carbocycles. The van der Waals surface area contributed by atoms with Gasteiger partial charge in [-0.25, -0.2) is 14.2 Å². The number of hydrogen-bond acceptors (Lipinski definition) is 5. The van der Waals surface area contributed by atoms with Crippen molar-refractivity contribution in [1.82, 2.24) is 20.7 Å². The standard InChI is InChI=1S/C24H27ClFN5O4/c25-16-5-7-17(8-6-16)27-24(34)28-22(19-3-1-2-4-20(19)26)23(33)29-30-11-9-18(10-12-30)31-13-14-35-15-21(31)32/h1-8,18,22H,9-15H2,(H,29,33)(H2,27,28,34). The number of hydrogen-bond donors (Lipinski definition) is 3. The van der Waals surface area contributed by atoms with Crippen LogP contribution in [0, 0.1) is 5.82 Å². The van der Waals surface area contributed by atoms with Gasteiger partial charge < -0.3 is 20.3 Å². The first-order chi connectivity index (χ1) is 16.9. The van der Waals surface area contributed by atoms with Crippen molar-refractivity contribution in [2.24, 2.45) is 0 Å². The van der Waals surface area contributed by atoms with Crippen LogP contribution < -0.4 is 16.1 Å². The number of halogens is 2. The van der Waals surface area contributed by atoms with Gasteiger partial charge in [-0.3, -0.25) is 15.0 Å². The molecule has 2 heterocycles. The summed E-state index contributed by atoms with van der Waals surface area (Å²) in [5.74, 6) is -1.19. The number of piperidine rings is 1. The van der Waals surface area contributed by atoms with Crippen molar-refractivity contribution >= 4 is 35.1 Å². The van der Waals surface area contributed by atoms with E-state index in [1.807, 2.05) is 4.90 Å². The molecule has 4 rings (SSSR count). The van der Waals surface area contributed by atoms with Gasteiger partial charge in [-0.2, -0.15) is 0 Å². The predicted octanol–water partition coefficient (Wildman–Crippen LogP) is 2.70. The summed E-state index contributed by atoms with van der Waals surface area (Å²) in [5, 5.41) is 7.43. The monoisotopic (exact) mass is 503 g/mol.